The molecule has 0 atom stereocenters. The fourth-order valence-corrected chi connectivity index (χ4v) is 4.26. The maximum atomic E-state index is 11.8. The van der Waals surface area contributed by atoms with E-state index in [-0.39, 0.29) is 24.1 Å². The lowest BCUT2D eigenvalue weighted by Gasteiger charge is -2.45. The van der Waals surface area contributed by atoms with Crippen molar-refractivity contribution in [2.75, 3.05) is 19.0 Å². The molecule has 1 saturated carbocycles. The number of hydrogen-bond donors (Lipinski definition) is 2. The monoisotopic (exact) mass is 417 g/mol. The van der Waals surface area contributed by atoms with Crippen LogP contribution in [0.15, 0.2) is 49.1 Å². The Morgan fingerprint density at radius 2 is 2.00 bits per heavy atom. The van der Waals surface area contributed by atoms with Gasteiger partial charge in [-0.15, -0.1) is 5.10 Å². The van der Waals surface area contributed by atoms with Crippen LogP contribution in [0, 0.1) is 0 Å². The molecule has 2 N–H and O–H groups in total. The second-order valence-corrected chi connectivity index (χ2v) is 8.19. The van der Waals surface area contributed by atoms with Gasteiger partial charge in [0.05, 0.1) is 22.7 Å². The molecule has 1 aliphatic rings. The van der Waals surface area contributed by atoms with Crippen molar-refractivity contribution in [1.29, 1.82) is 0 Å². The van der Waals surface area contributed by atoms with Gasteiger partial charge in [0.2, 0.25) is 11.9 Å². The number of nitrogens with zero attached hydrogens (tertiary/aromatic N) is 5. The third kappa shape index (κ3) is 3.79. The van der Waals surface area contributed by atoms with Crippen LogP contribution in [-0.4, -0.2) is 55.8 Å². The van der Waals surface area contributed by atoms with Crippen LogP contribution in [0.4, 0.5) is 5.95 Å². The molecular weight excluding hydrogens is 394 g/mol. The number of nitrogens with one attached hydrogen (secondary N) is 2. The van der Waals surface area contributed by atoms with E-state index in [0.717, 1.165) is 40.5 Å². The third-order valence-electron chi connectivity index (χ3n) is 5.64. The van der Waals surface area contributed by atoms with Crippen molar-refractivity contribution < 1.29 is 9.53 Å². The van der Waals surface area contributed by atoms with E-state index >= 15 is 0 Å². The molecule has 9 heteroatoms. The summed E-state index contributed by atoms with van der Waals surface area (Å²) >= 11 is 0. The van der Waals surface area contributed by atoms with Crippen LogP contribution in [0.25, 0.3) is 27.7 Å². The summed E-state index contributed by atoms with van der Waals surface area (Å²) in [6, 6.07) is 8.26. The van der Waals surface area contributed by atoms with Gasteiger partial charge >= 0.3 is 0 Å². The number of rotatable bonds is 6. The molecule has 1 aliphatic carbocycles. The van der Waals surface area contributed by atoms with Crippen molar-refractivity contribution in [2.24, 2.45) is 0 Å². The molecule has 0 bridgehead atoms. The van der Waals surface area contributed by atoms with Crippen LogP contribution in [0.2, 0.25) is 0 Å². The number of aromatic nitrogens is 5. The maximum absolute atomic E-state index is 11.8. The van der Waals surface area contributed by atoms with Crippen molar-refractivity contribution in [3.8, 4) is 11.1 Å². The summed E-state index contributed by atoms with van der Waals surface area (Å²) in [6.45, 7) is 2.11. The van der Waals surface area contributed by atoms with Crippen molar-refractivity contribution in [3.05, 3.63) is 49.1 Å². The Hall–Kier alpha value is -3.59. The minimum absolute atomic E-state index is 0.0766. The van der Waals surface area contributed by atoms with Crippen LogP contribution in [-0.2, 0) is 9.53 Å². The summed E-state index contributed by atoms with van der Waals surface area (Å²) in [7, 11) is 1.52. The Morgan fingerprint density at radius 1 is 1.19 bits per heavy atom. The number of ether oxygens (including phenoxy) is 1. The molecule has 4 aromatic rings. The van der Waals surface area contributed by atoms with Gasteiger partial charge in [-0.1, -0.05) is 6.07 Å². The van der Waals surface area contributed by atoms with Gasteiger partial charge in [-0.2, -0.15) is 0 Å². The van der Waals surface area contributed by atoms with Crippen LogP contribution in [0.5, 0.6) is 0 Å². The molecular formula is C22H23N7O2. The lowest BCUT2D eigenvalue weighted by Crippen LogP contribution is -2.60. The highest BCUT2D eigenvalue weighted by molar-refractivity contribution is 5.87. The van der Waals surface area contributed by atoms with Crippen molar-refractivity contribution >= 4 is 28.4 Å². The zero-order valence-corrected chi connectivity index (χ0v) is 17.4. The van der Waals surface area contributed by atoms with Crippen molar-refractivity contribution in [2.45, 2.75) is 31.3 Å². The Kier molecular flexibility index (Phi) is 4.74. The van der Waals surface area contributed by atoms with Gasteiger partial charge in [-0.05, 0) is 43.5 Å². The van der Waals surface area contributed by atoms with Gasteiger partial charge in [0, 0.05) is 42.8 Å². The topological polar surface area (TPSA) is 106 Å². The molecule has 31 heavy (non-hydrogen) atoms. The number of anilines is 1. The summed E-state index contributed by atoms with van der Waals surface area (Å²) in [5.41, 5.74) is 4.49. The van der Waals surface area contributed by atoms with Crippen molar-refractivity contribution in [1.82, 2.24) is 29.9 Å². The Morgan fingerprint density at radius 3 is 2.81 bits per heavy atom. The quantitative estimate of drug-likeness (QED) is 0.496. The molecule has 3 heterocycles. The zero-order chi connectivity index (χ0) is 21.4. The van der Waals surface area contributed by atoms with E-state index in [0.29, 0.717) is 5.95 Å². The Balaban J connectivity index is 1.30. The van der Waals surface area contributed by atoms with Gasteiger partial charge in [-0.3, -0.25) is 14.8 Å². The fourth-order valence-electron chi connectivity index (χ4n) is 4.26. The molecule has 0 saturated heterocycles. The summed E-state index contributed by atoms with van der Waals surface area (Å²) < 4.78 is 6.70. The summed E-state index contributed by atoms with van der Waals surface area (Å²) in [4.78, 5) is 25.0. The molecule has 5 rings (SSSR count). The average Bonchev–Trinajstić information content (AvgIpc) is 3.15. The van der Waals surface area contributed by atoms with Crippen LogP contribution in [0.1, 0.15) is 19.8 Å². The molecule has 158 valence electrons. The van der Waals surface area contributed by atoms with E-state index in [1.54, 1.807) is 12.4 Å². The van der Waals surface area contributed by atoms with Gasteiger partial charge in [0.15, 0.2) is 0 Å². The van der Waals surface area contributed by atoms with Gasteiger partial charge in [0.1, 0.15) is 6.61 Å². The van der Waals surface area contributed by atoms with Gasteiger partial charge < -0.3 is 15.4 Å². The third-order valence-corrected chi connectivity index (χ3v) is 5.64. The number of carbonyl (C=O) groups excluding carboxylic acids is 1. The maximum Gasteiger partial charge on any atom is 0.246 e. The van der Waals surface area contributed by atoms with E-state index in [4.69, 9.17) is 4.74 Å². The number of carbonyl (C=O) groups is 1. The minimum Gasteiger partial charge on any atom is -0.375 e. The van der Waals surface area contributed by atoms with Gasteiger partial charge in [0.25, 0.3) is 0 Å². The number of fused-ring (bicyclic) bond motifs is 2. The van der Waals surface area contributed by atoms with Crippen LogP contribution in [0.3, 0.4) is 0 Å². The van der Waals surface area contributed by atoms with Crippen LogP contribution < -0.4 is 10.6 Å². The first-order valence-electron chi connectivity index (χ1n) is 10.1. The smallest absolute Gasteiger partial charge is 0.246 e. The SMILES string of the molecule is COCC(=O)NC1(C)CC(Nc2ncc3c(-c4ccc5nccnc5c4)ccn3n2)C1. The first-order valence-corrected chi connectivity index (χ1v) is 10.1. The minimum atomic E-state index is -0.225. The molecule has 1 amide bonds. The summed E-state index contributed by atoms with van der Waals surface area (Å²) in [6.07, 6.45) is 8.74. The highest BCUT2D eigenvalue weighted by atomic mass is 16.5. The number of amides is 1. The van der Waals surface area contributed by atoms with Gasteiger partial charge in [-0.25, -0.2) is 9.50 Å². The molecule has 0 unspecified atom stereocenters. The van der Waals surface area contributed by atoms with Crippen molar-refractivity contribution in [3.63, 3.8) is 0 Å². The number of methoxy groups -OCH3 is 1. The highest BCUT2D eigenvalue weighted by Gasteiger charge is 2.41. The van der Waals surface area contributed by atoms with E-state index in [9.17, 15) is 4.79 Å². The highest BCUT2D eigenvalue weighted by Crippen LogP contribution is 2.34. The van der Waals surface area contributed by atoms with E-state index < -0.39 is 0 Å². The summed E-state index contributed by atoms with van der Waals surface area (Å²) in [5.74, 6) is 0.468. The lowest BCUT2D eigenvalue weighted by molar-refractivity contribution is -0.127. The predicted octanol–water partition coefficient (Wildman–Crippen LogP) is 2.44. The summed E-state index contributed by atoms with van der Waals surface area (Å²) in [5, 5.41) is 11.0. The predicted molar refractivity (Wildman–Crippen MR) is 117 cm³/mol. The molecule has 9 nitrogen and oxygen atoms in total. The second-order valence-electron chi connectivity index (χ2n) is 8.19. The van der Waals surface area contributed by atoms with Crippen LogP contribution >= 0.6 is 0 Å². The molecule has 0 spiro atoms. The molecule has 1 aromatic carbocycles. The van der Waals surface area contributed by atoms with E-state index in [1.807, 2.05) is 48.1 Å². The lowest BCUT2D eigenvalue weighted by atomic mass is 9.74. The second kappa shape index (κ2) is 7.59. The Bertz CT molecular complexity index is 1260. The number of benzene rings is 1. The first-order chi connectivity index (χ1) is 15.0. The normalized spacial score (nSPS) is 20.5. The molecule has 1 fully saturated rings. The molecule has 0 aliphatic heterocycles. The molecule has 3 aromatic heterocycles. The number of hydrogen-bond acceptors (Lipinski definition) is 7. The average molecular weight is 417 g/mol. The molecule has 0 radical (unpaired) electrons. The Labute approximate surface area is 178 Å². The largest absolute Gasteiger partial charge is 0.375 e. The van der Waals surface area contributed by atoms with E-state index in [1.165, 1.54) is 7.11 Å². The fraction of sp³-hybridized carbons (Fsp3) is 0.318. The van der Waals surface area contributed by atoms with E-state index in [2.05, 4.69) is 30.7 Å². The standard InChI is InChI=1S/C22H23N7O2/c1-22(27-20(30)13-31-2)10-15(11-22)26-21-25-12-19-16(5-8-29(19)28-21)14-3-4-17-18(9-14)24-7-6-23-17/h3-9,12,15H,10-11,13H2,1-2H3,(H,26,28)(H,27,30). The first kappa shape index (κ1) is 19.4. The zero-order valence-electron chi connectivity index (χ0n) is 17.4.